The highest BCUT2D eigenvalue weighted by atomic mass is 19.1. The first kappa shape index (κ1) is 18.3. The number of nitrogens with zero attached hydrogens (tertiary/aromatic N) is 1. The molecule has 3 amide bonds. The zero-order valence-corrected chi connectivity index (χ0v) is 15.0. The van der Waals surface area contributed by atoms with E-state index in [4.69, 9.17) is 0 Å². The quantitative estimate of drug-likeness (QED) is 0.810. The van der Waals surface area contributed by atoms with E-state index in [1.165, 1.54) is 47.4 Å². The molecule has 2 aliphatic rings. The molecular weight excluding hydrogens is 366 g/mol. The van der Waals surface area contributed by atoms with Crippen LogP contribution in [-0.4, -0.2) is 35.7 Å². The standard InChI is InChI=1S/C21H18F2N2O3/c22-14-7-5-13(6-8-14)17-18(26)24-20(28)21(17)9-11-25(12-10-21)19(27)15-3-1-2-4-16(15)23/h1-8,17H,9-12H2,(H,24,26,28)/t17-/m0/s1. The summed E-state index contributed by atoms with van der Waals surface area (Å²) in [6.45, 7) is 0.455. The van der Waals surface area contributed by atoms with E-state index < -0.39 is 34.8 Å². The van der Waals surface area contributed by atoms with Crippen LogP contribution in [0.5, 0.6) is 0 Å². The molecule has 2 aromatic rings. The highest BCUT2D eigenvalue weighted by Gasteiger charge is 2.56. The minimum atomic E-state index is -0.985. The van der Waals surface area contributed by atoms with E-state index in [2.05, 4.69) is 5.32 Å². The molecule has 0 radical (unpaired) electrons. The average Bonchev–Trinajstić information content (AvgIpc) is 2.93. The van der Waals surface area contributed by atoms with E-state index in [-0.39, 0.29) is 37.4 Å². The van der Waals surface area contributed by atoms with Gasteiger partial charge in [-0.05, 0) is 42.7 Å². The number of piperidine rings is 1. The van der Waals surface area contributed by atoms with Gasteiger partial charge in [-0.15, -0.1) is 0 Å². The van der Waals surface area contributed by atoms with Crippen molar-refractivity contribution in [2.24, 2.45) is 5.41 Å². The van der Waals surface area contributed by atoms with Crippen molar-refractivity contribution >= 4 is 17.7 Å². The Kier molecular flexibility index (Phi) is 4.45. The second kappa shape index (κ2) is 6.82. The van der Waals surface area contributed by atoms with Gasteiger partial charge in [0.1, 0.15) is 11.6 Å². The second-order valence-electron chi connectivity index (χ2n) is 7.23. The third-order valence-corrected chi connectivity index (χ3v) is 5.75. The third-order valence-electron chi connectivity index (χ3n) is 5.75. The van der Waals surface area contributed by atoms with Crippen LogP contribution >= 0.6 is 0 Å². The molecule has 1 N–H and O–H groups in total. The molecule has 0 aromatic heterocycles. The Balaban J connectivity index is 1.58. The Morgan fingerprint density at radius 2 is 1.64 bits per heavy atom. The molecule has 0 aliphatic carbocycles. The molecule has 2 heterocycles. The third kappa shape index (κ3) is 2.87. The van der Waals surface area contributed by atoms with E-state index in [0.717, 1.165) is 0 Å². The van der Waals surface area contributed by atoms with Gasteiger partial charge in [0.05, 0.1) is 16.9 Å². The number of imide groups is 1. The lowest BCUT2D eigenvalue weighted by molar-refractivity contribution is -0.130. The normalized spacial score (nSPS) is 21.1. The Hall–Kier alpha value is -3.09. The number of carbonyl (C=O) groups is 3. The van der Waals surface area contributed by atoms with Gasteiger partial charge in [0.2, 0.25) is 11.8 Å². The summed E-state index contributed by atoms with van der Waals surface area (Å²) in [6.07, 6.45) is 0.541. The van der Waals surface area contributed by atoms with Crippen LogP contribution in [0, 0.1) is 17.0 Å². The van der Waals surface area contributed by atoms with Crippen molar-refractivity contribution in [1.82, 2.24) is 10.2 Å². The van der Waals surface area contributed by atoms with E-state index in [1.54, 1.807) is 6.07 Å². The van der Waals surface area contributed by atoms with Crippen LogP contribution in [0.4, 0.5) is 8.78 Å². The van der Waals surface area contributed by atoms with Crippen molar-refractivity contribution in [3.63, 3.8) is 0 Å². The lowest BCUT2D eigenvalue weighted by atomic mass is 9.67. The van der Waals surface area contributed by atoms with Crippen molar-refractivity contribution in [2.75, 3.05) is 13.1 Å². The maximum absolute atomic E-state index is 13.9. The molecule has 1 atom stereocenters. The molecule has 2 aliphatic heterocycles. The van der Waals surface area contributed by atoms with Gasteiger partial charge in [-0.25, -0.2) is 8.78 Å². The SMILES string of the molecule is O=C1NC(=O)C2(CCN(C(=O)c3ccccc3F)CC2)[C@H]1c1ccc(F)cc1. The van der Waals surface area contributed by atoms with E-state index in [1.807, 2.05) is 0 Å². The first-order valence-corrected chi connectivity index (χ1v) is 9.07. The van der Waals surface area contributed by atoms with Crippen molar-refractivity contribution in [2.45, 2.75) is 18.8 Å². The highest BCUT2D eigenvalue weighted by Crippen LogP contribution is 2.48. The zero-order chi connectivity index (χ0) is 19.9. The topological polar surface area (TPSA) is 66.5 Å². The lowest BCUT2D eigenvalue weighted by Crippen LogP contribution is -2.48. The van der Waals surface area contributed by atoms with Crippen LogP contribution < -0.4 is 5.32 Å². The predicted octanol–water partition coefficient (Wildman–Crippen LogP) is 2.63. The summed E-state index contributed by atoms with van der Waals surface area (Å²) < 4.78 is 27.2. The second-order valence-corrected chi connectivity index (χ2v) is 7.23. The summed E-state index contributed by atoms with van der Waals surface area (Å²) in [5, 5.41) is 2.39. The van der Waals surface area contributed by atoms with Crippen molar-refractivity contribution < 1.29 is 23.2 Å². The molecule has 5 nitrogen and oxygen atoms in total. The van der Waals surface area contributed by atoms with Gasteiger partial charge in [0, 0.05) is 13.1 Å². The zero-order valence-electron chi connectivity index (χ0n) is 15.0. The van der Waals surface area contributed by atoms with Crippen LogP contribution in [0.25, 0.3) is 0 Å². The Morgan fingerprint density at radius 3 is 2.29 bits per heavy atom. The Bertz CT molecular complexity index is 950. The fourth-order valence-electron chi connectivity index (χ4n) is 4.25. The van der Waals surface area contributed by atoms with Crippen LogP contribution in [0.1, 0.15) is 34.7 Å². The molecule has 4 rings (SSSR count). The first-order chi connectivity index (χ1) is 13.4. The Labute approximate surface area is 160 Å². The number of benzene rings is 2. The summed E-state index contributed by atoms with van der Waals surface area (Å²) in [6, 6.07) is 11.3. The lowest BCUT2D eigenvalue weighted by Gasteiger charge is -2.40. The molecule has 0 saturated carbocycles. The molecule has 144 valence electrons. The minimum Gasteiger partial charge on any atom is -0.338 e. The fraction of sp³-hybridized carbons (Fsp3) is 0.286. The average molecular weight is 384 g/mol. The van der Waals surface area contributed by atoms with Gasteiger partial charge >= 0.3 is 0 Å². The monoisotopic (exact) mass is 384 g/mol. The van der Waals surface area contributed by atoms with Crippen LogP contribution in [-0.2, 0) is 9.59 Å². The molecule has 2 saturated heterocycles. The summed E-state index contributed by atoms with van der Waals surface area (Å²) in [4.78, 5) is 39.2. The summed E-state index contributed by atoms with van der Waals surface area (Å²) >= 11 is 0. The van der Waals surface area contributed by atoms with Crippen LogP contribution in [0.15, 0.2) is 48.5 Å². The van der Waals surface area contributed by atoms with E-state index in [9.17, 15) is 23.2 Å². The number of hydrogen-bond donors (Lipinski definition) is 1. The molecule has 28 heavy (non-hydrogen) atoms. The molecule has 2 fully saturated rings. The van der Waals surface area contributed by atoms with Gasteiger partial charge < -0.3 is 4.90 Å². The molecular formula is C21H18F2N2O3. The van der Waals surface area contributed by atoms with Gasteiger partial charge in [-0.1, -0.05) is 24.3 Å². The van der Waals surface area contributed by atoms with Crippen LogP contribution in [0.2, 0.25) is 0 Å². The van der Waals surface area contributed by atoms with Crippen molar-refractivity contribution in [1.29, 1.82) is 0 Å². The number of hydrogen-bond acceptors (Lipinski definition) is 3. The fourth-order valence-corrected chi connectivity index (χ4v) is 4.25. The summed E-state index contributed by atoms with van der Waals surface area (Å²) in [5.41, 5.74) is -0.430. The molecule has 0 unspecified atom stereocenters. The molecule has 2 aromatic carbocycles. The van der Waals surface area contributed by atoms with Gasteiger partial charge in [-0.2, -0.15) is 0 Å². The van der Waals surface area contributed by atoms with E-state index in [0.29, 0.717) is 5.56 Å². The number of amides is 3. The first-order valence-electron chi connectivity index (χ1n) is 9.07. The summed E-state index contributed by atoms with van der Waals surface area (Å²) in [7, 11) is 0. The van der Waals surface area contributed by atoms with Crippen molar-refractivity contribution in [3.05, 3.63) is 71.3 Å². The molecule has 0 bridgehead atoms. The molecule has 7 heteroatoms. The Morgan fingerprint density at radius 1 is 1.00 bits per heavy atom. The molecule has 1 spiro atoms. The summed E-state index contributed by atoms with van der Waals surface area (Å²) in [5.74, 6) is -2.96. The minimum absolute atomic E-state index is 0.0134. The number of likely N-dealkylation sites (tertiary alicyclic amines) is 1. The highest BCUT2D eigenvalue weighted by molar-refractivity contribution is 6.10. The maximum atomic E-state index is 13.9. The maximum Gasteiger partial charge on any atom is 0.256 e. The van der Waals surface area contributed by atoms with Gasteiger partial charge in [-0.3, -0.25) is 19.7 Å². The predicted molar refractivity (Wildman–Crippen MR) is 96.3 cm³/mol. The van der Waals surface area contributed by atoms with E-state index >= 15 is 0 Å². The van der Waals surface area contributed by atoms with Gasteiger partial charge in [0.15, 0.2) is 0 Å². The van der Waals surface area contributed by atoms with Crippen molar-refractivity contribution in [3.8, 4) is 0 Å². The number of rotatable bonds is 2. The number of nitrogens with one attached hydrogen (secondary N) is 1. The number of halogens is 2. The van der Waals surface area contributed by atoms with Crippen LogP contribution in [0.3, 0.4) is 0 Å². The largest absolute Gasteiger partial charge is 0.338 e. The smallest absolute Gasteiger partial charge is 0.256 e. The van der Waals surface area contributed by atoms with Gasteiger partial charge in [0.25, 0.3) is 5.91 Å². The number of carbonyl (C=O) groups excluding carboxylic acids is 3.